The zero-order chi connectivity index (χ0) is 18.5. The number of likely N-dealkylation sites (tertiary alicyclic amines) is 1. The molecule has 1 atom stereocenters. The predicted octanol–water partition coefficient (Wildman–Crippen LogP) is 2.42. The summed E-state index contributed by atoms with van der Waals surface area (Å²) in [6.45, 7) is 2.87. The Morgan fingerprint density at radius 3 is 3.00 bits per heavy atom. The van der Waals surface area contributed by atoms with Gasteiger partial charge >= 0.3 is 6.03 Å². The highest BCUT2D eigenvalue weighted by Gasteiger charge is 2.23. The van der Waals surface area contributed by atoms with Gasteiger partial charge in [0.05, 0.1) is 18.6 Å². The number of hydrogen-bond acceptors (Lipinski definition) is 6. The maximum absolute atomic E-state index is 12.5. The number of urea groups is 1. The van der Waals surface area contributed by atoms with Crippen molar-refractivity contribution < 1.29 is 4.79 Å². The molecule has 1 aliphatic rings. The third-order valence-electron chi connectivity index (χ3n) is 4.56. The van der Waals surface area contributed by atoms with Crippen molar-refractivity contribution in [3.05, 3.63) is 48.3 Å². The molecule has 0 radical (unpaired) electrons. The average Bonchev–Trinajstić information content (AvgIpc) is 3.39. The van der Waals surface area contributed by atoms with Gasteiger partial charge in [-0.15, -0.1) is 11.3 Å². The molecule has 0 bridgehead atoms. The van der Waals surface area contributed by atoms with Crippen LogP contribution in [0.1, 0.15) is 18.5 Å². The quantitative estimate of drug-likeness (QED) is 0.731. The smallest absolute Gasteiger partial charge is 0.317 e. The Labute approximate surface area is 161 Å². The fraction of sp³-hybridized carbons (Fsp3) is 0.389. The molecule has 2 amide bonds. The fourth-order valence-corrected chi connectivity index (χ4v) is 4.03. The normalized spacial score (nSPS) is 17.0. The van der Waals surface area contributed by atoms with Crippen LogP contribution < -0.4 is 5.32 Å². The first kappa shape index (κ1) is 17.6. The molecule has 1 N–H and O–H groups in total. The Morgan fingerprint density at radius 2 is 2.19 bits per heavy atom. The monoisotopic (exact) mass is 383 g/mol. The lowest BCUT2D eigenvalue weighted by atomic mass is 9.98. The van der Waals surface area contributed by atoms with Crippen LogP contribution in [0.3, 0.4) is 0 Å². The largest absolute Gasteiger partial charge is 0.337 e. The van der Waals surface area contributed by atoms with Gasteiger partial charge in [0.15, 0.2) is 10.8 Å². The van der Waals surface area contributed by atoms with Gasteiger partial charge in [-0.3, -0.25) is 0 Å². The van der Waals surface area contributed by atoms with Gasteiger partial charge in [0.2, 0.25) is 0 Å². The van der Waals surface area contributed by atoms with E-state index in [9.17, 15) is 4.79 Å². The summed E-state index contributed by atoms with van der Waals surface area (Å²) in [4.78, 5) is 31.4. The van der Waals surface area contributed by atoms with E-state index in [1.807, 2.05) is 22.8 Å². The van der Waals surface area contributed by atoms with Crippen molar-refractivity contribution in [2.45, 2.75) is 25.9 Å². The van der Waals surface area contributed by atoms with Crippen LogP contribution in [0.2, 0.25) is 0 Å². The van der Waals surface area contributed by atoms with Crippen LogP contribution in [-0.4, -0.2) is 48.5 Å². The summed E-state index contributed by atoms with van der Waals surface area (Å²) >= 11 is 1.48. The predicted molar refractivity (Wildman–Crippen MR) is 102 cm³/mol. The van der Waals surface area contributed by atoms with Crippen molar-refractivity contribution in [2.24, 2.45) is 5.92 Å². The summed E-state index contributed by atoms with van der Waals surface area (Å²) in [7, 11) is 0. The van der Waals surface area contributed by atoms with Crippen molar-refractivity contribution in [3.63, 3.8) is 0 Å². The van der Waals surface area contributed by atoms with Gasteiger partial charge in [-0.2, -0.15) is 0 Å². The molecule has 0 aromatic carbocycles. The number of carbonyl (C=O) groups is 1. The Bertz CT molecular complexity index is 865. The van der Waals surface area contributed by atoms with Gasteiger partial charge in [-0.05, 0) is 24.8 Å². The number of imidazole rings is 1. The Hall–Kier alpha value is -2.81. The molecular weight excluding hydrogens is 362 g/mol. The van der Waals surface area contributed by atoms with Gasteiger partial charge < -0.3 is 14.8 Å². The molecule has 9 heteroatoms. The van der Waals surface area contributed by atoms with Gasteiger partial charge in [0.25, 0.3) is 0 Å². The molecule has 0 aliphatic carbocycles. The van der Waals surface area contributed by atoms with Crippen LogP contribution in [0, 0.1) is 5.92 Å². The zero-order valence-electron chi connectivity index (χ0n) is 14.9. The van der Waals surface area contributed by atoms with E-state index in [4.69, 9.17) is 0 Å². The van der Waals surface area contributed by atoms with Gasteiger partial charge in [0, 0.05) is 49.8 Å². The minimum Gasteiger partial charge on any atom is -0.337 e. The van der Waals surface area contributed by atoms with E-state index >= 15 is 0 Å². The number of nitrogens with zero attached hydrogens (tertiary/aromatic N) is 6. The van der Waals surface area contributed by atoms with Gasteiger partial charge in [-0.1, -0.05) is 0 Å². The molecule has 8 nitrogen and oxygen atoms in total. The molecule has 4 heterocycles. The van der Waals surface area contributed by atoms with Crippen molar-refractivity contribution >= 4 is 17.4 Å². The molecule has 1 saturated heterocycles. The van der Waals surface area contributed by atoms with Crippen LogP contribution in [0.5, 0.6) is 0 Å². The molecule has 3 aromatic heterocycles. The third-order valence-corrected chi connectivity index (χ3v) is 5.45. The highest BCUT2D eigenvalue weighted by Crippen LogP contribution is 2.20. The van der Waals surface area contributed by atoms with Crippen molar-refractivity contribution in [2.75, 3.05) is 13.1 Å². The number of rotatable bonds is 5. The van der Waals surface area contributed by atoms with Crippen LogP contribution in [0.25, 0.3) is 10.8 Å². The number of aromatic nitrogens is 5. The molecule has 27 heavy (non-hydrogen) atoms. The number of hydrogen-bond donors (Lipinski definition) is 1. The summed E-state index contributed by atoms with van der Waals surface area (Å²) in [5.74, 6) is 1.07. The fourth-order valence-electron chi connectivity index (χ4n) is 3.27. The van der Waals surface area contributed by atoms with Crippen LogP contribution in [0.4, 0.5) is 4.79 Å². The molecule has 3 aromatic rings. The standard InChI is InChI=1S/C18H21N7OS/c26-18(25-7-1-3-14(11-25)10-24-8-6-19-13-24)22-9-15-12-27-17(23-15)16-20-4-2-5-21-16/h2,4-6,8,12-14H,1,3,7,9-11H2,(H,22,26). The molecule has 140 valence electrons. The van der Waals surface area contributed by atoms with Crippen LogP contribution >= 0.6 is 11.3 Å². The van der Waals surface area contributed by atoms with Crippen LogP contribution in [-0.2, 0) is 13.1 Å². The highest BCUT2D eigenvalue weighted by molar-refractivity contribution is 7.13. The summed E-state index contributed by atoms with van der Waals surface area (Å²) in [5.41, 5.74) is 0.822. The first-order chi connectivity index (χ1) is 13.3. The minimum atomic E-state index is -0.0316. The molecule has 0 spiro atoms. The second kappa shape index (κ2) is 8.26. The Kier molecular flexibility index (Phi) is 5.38. The Balaban J connectivity index is 1.29. The molecule has 4 rings (SSSR count). The first-order valence-electron chi connectivity index (χ1n) is 8.98. The number of nitrogens with one attached hydrogen (secondary N) is 1. The lowest BCUT2D eigenvalue weighted by Crippen LogP contribution is -2.46. The molecule has 0 saturated carbocycles. The number of thiazole rings is 1. The van der Waals surface area contributed by atoms with E-state index < -0.39 is 0 Å². The number of amides is 2. The molecular formula is C18H21N7OS. The molecule has 1 aliphatic heterocycles. The SMILES string of the molecule is O=C(NCc1csc(-c2ncccn2)n1)N1CCCC(Cn2ccnc2)C1. The number of piperidine rings is 1. The van der Waals surface area contributed by atoms with E-state index in [0.717, 1.165) is 43.2 Å². The van der Waals surface area contributed by atoms with E-state index in [1.54, 1.807) is 24.7 Å². The maximum atomic E-state index is 12.5. The minimum absolute atomic E-state index is 0.0316. The van der Waals surface area contributed by atoms with E-state index in [2.05, 4.69) is 29.8 Å². The zero-order valence-corrected chi connectivity index (χ0v) is 15.7. The van der Waals surface area contributed by atoms with Crippen LogP contribution in [0.15, 0.2) is 42.6 Å². The summed E-state index contributed by atoms with van der Waals surface area (Å²) in [6, 6.07) is 1.74. The van der Waals surface area contributed by atoms with E-state index in [-0.39, 0.29) is 6.03 Å². The van der Waals surface area contributed by atoms with E-state index in [1.165, 1.54) is 11.3 Å². The summed E-state index contributed by atoms with van der Waals surface area (Å²) in [5, 5.41) is 5.68. The Morgan fingerprint density at radius 1 is 1.30 bits per heavy atom. The molecule has 1 fully saturated rings. The second-order valence-electron chi connectivity index (χ2n) is 6.59. The summed E-state index contributed by atoms with van der Waals surface area (Å²) in [6.07, 6.45) is 11.1. The summed E-state index contributed by atoms with van der Waals surface area (Å²) < 4.78 is 2.08. The highest BCUT2D eigenvalue weighted by atomic mass is 32.1. The average molecular weight is 383 g/mol. The maximum Gasteiger partial charge on any atom is 0.317 e. The van der Waals surface area contributed by atoms with E-state index in [0.29, 0.717) is 18.3 Å². The van der Waals surface area contributed by atoms with Gasteiger partial charge in [0.1, 0.15) is 0 Å². The lowest BCUT2D eigenvalue weighted by Gasteiger charge is -2.32. The van der Waals surface area contributed by atoms with Crippen molar-refractivity contribution in [1.82, 2.24) is 34.7 Å². The molecule has 1 unspecified atom stereocenters. The second-order valence-corrected chi connectivity index (χ2v) is 7.45. The lowest BCUT2D eigenvalue weighted by molar-refractivity contribution is 0.159. The third kappa shape index (κ3) is 4.48. The van der Waals surface area contributed by atoms with Gasteiger partial charge in [-0.25, -0.2) is 24.7 Å². The number of carbonyl (C=O) groups excluding carboxylic acids is 1. The first-order valence-corrected chi connectivity index (χ1v) is 9.86. The van der Waals surface area contributed by atoms with Crippen molar-refractivity contribution in [1.29, 1.82) is 0 Å². The van der Waals surface area contributed by atoms with Crippen molar-refractivity contribution in [3.8, 4) is 10.8 Å². The topological polar surface area (TPSA) is 88.8 Å².